The largest absolute Gasteiger partial charge is 0.403 e. The number of hydrogen-bond donors (Lipinski definition) is 0. The van der Waals surface area contributed by atoms with Crippen LogP contribution in [0.25, 0.3) is 11.5 Å². The van der Waals surface area contributed by atoms with Crippen LogP contribution in [0.4, 0.5) is 6.01 Å². The van der Waals surface area contributed by atoms with Gasteiger partial charge in [0.2, 0.25) is 17.7 Å². The van der Waals surface area contributed by atoms with Gasteiger partial charge in [-0.15, -0.1) is 5.10 Å². The number of anilines is 1. The van der Waals surface area contributed by atoms with E-state index >= 15 is 0 Å². The van der Waals surface area contributed by atoms with E-state index in [-0.39, 0.29) is 36.6 Å². The van der Waals surface area contributed by atoms with Crippen molar-refractivity contribution in [1.82, 2.24) is 10.2 Å². The van der Waals surface area contributed by atoms with Gasteiger partial charge < -0.3 is 4.42 Å². The molecule has 18 heavy (non-hydrogen) atoms. The Morgan fingerprint density at radius 3 is 2.33 bits per heavy atom. The molecule has 1 aromatic carbocycles. The van der Waals surface area contributed by atoms with Crippen LogP contribution in [-0.2, 0) is 9.59 Å². The second-order valence-corrected chi connectivity index (χ2v) is 3.88. The molecule has 1 aliphatic rings. The second kappa shape index (κ2) is 4.06. The maximum Gasteiger partial charge on any atom is 0.332 e. The highest BCUT2D eigenvalue weighted by Crippen LogP contribution is 2.25. The fraction of sp³-hybridized carbons (Fsp3) is 0.167. The van der Waals surface area contributed by atoms with Crippen LogP contribution in [0.3, 0.4) is 0 Å². The Bertz CT molecular complexity index is 590. The number of carbonyl (C=O) groups is 2. The van der Waals surface area contributed by atoms with Crippen LogP contribution >= 0.6 is 0 Å². The molecule has 0 radical (unpaired) electrons. The van der Waals surface area contributed by atoms with Gasteiger partial charge in [-0.3, -0.25) is 9.59 Å². The second-order valence-electron chi connectivity index (χ2n) is 3.88. The van der Waals surface area contributed by atoms with Crippen LogP contribution in [-0.4, -0.2) is 22.0 Å². The van der Waals surface area contributed by atoms with Gasteiger partial charge in [-0.05, 0) is 12.1 Å². The molecule has 0 spiro atoms. The highest BCUT2D eigenvalue weighted by Gasteiger charge is 2.34. The van der Waals surface area contributed by atoms with Crippen molar-refractivity contribution in [3.63, 3.8) is 0 Å². The summed E-state index contributed by atoms with van der Waals surface area (Å²) in [6.07, 6.45) is 0.393. The van der Waals surface area contributed by atoms with E-state index in [2.05, 4.69) is 10.2 Å². The van der Waals surface area contributed by atoms with Crippen LogP contribution in [0.2, 0.25) is 0 Å². The van der Waals surface area contributed by atoms with Gasteiger partial charge in [-0.25, -0.2) is 4.90 Å². The predicted molar refractivity (Wildman–Crippen MR) is 61.5 cm³/mol. The number of aromatic nitrogens is 2. The number of carbonyl (C=O) groups excluding carboxylic acids is 2. The summed E-state index contributed by atoms with van der Waals surface area (Å²) >= 11 is 0. The molecule has 0 unspecified atom stereocenters. The van der Waals surface area contributed by atoms with Crippen molar-refractivity contribution in [2.75, 3.05) is 4.90 Å². The molecular formula is C12H9N3O3. The van der Waals surface area contributed by atoms with Crippen LogP contribution in [0.5, 0.6) is 0 Å². The summed E-state index contributed by atoms with van der Waals surface area (Å²) in [5.74, 6) is -0.315. The fourth-order valence-electron chi connectivity index (χ4n) is 1.79. The summed E-state index contributed by atoms with van der Waals surface area (Å²) in [5, 5.41) is 7.58. The lowest BCUT2D eigenvalue weighted by Gasteiger charge is -2.05. The monoisotopic (exact) mass is 243 g/mol. The zero-order valence-corrected chi connectivity index (χ0v) is 9.37. The van der Waals surface area contributed by atoms with Gasteiger partial charge >= 0.3 is 6.01 Å². The number of imide groups is 1. The van der Waals surface area contributed by atoms with Crippen molar-refractivity contribution in [2.24, 2.45) is 0 Å². The summed E-state index contributed by atoms with van der Waals surface area (Å²) in [7, 11) is 0. The van der Waals surface area contributed by atoms with Crippen molar-refractivity contribution in [2.45, 2.75) is 12.8 Å². The Balaban J connectivity index is 1.95. The minimum atomic E-state index is -0.303. The van der Waals surface area contributed by atoms with Gasteiger partial charge in [-0.1, -0.05) is 23.3 Å². The van der Waals surface area contributed by atoms with Crippen molar-refractivity contribution in [3.05, 3.63) is 30.3 Å². The van der Waals surface area contributed by atoms with Crippen LogP contribution < -0.4 is 4.90 Å². The molecule has 3 rings (SSSR count). The molecule has 1 saturated heterocycles. The summed E-state index contributed by atoms with van der Waals surface area (Å²) in [6.45, 7) is 0. The smallest absolute Gasteiger partial charge is 0.332 e. The molecule has 2 amide bonds. The van der Waals surface area contributed by atoms with Gasteiger partial charge in [-0.2, -0.15) is 0 Å². The molecule has 0 bridgehead atoms. The molecule has 0 N–H and O–H groups in total. The maximum absolute atomic E-state index is 11.5. The Morgan fingerprint density at radius 1 is 1.00 bits per heavy atom. The first-order valence-corrected chi connectivity index (χ1v) is 5.50. The van der Waals surface area contributed by atoms with Gasteiger partial charge in [0.25, 0.3) is 0 Å². The zero-order valence-electron chi connectivity index (χ0n) is 9.37. The third-order valence-electron chi connectivity index (χ3n) is 2.68. The molecule has 90 valence electrons. The lowest BCUT2D eigenvalue weighted by atomic mass is 10.2. The van der Waals surface area contributed by atoms with E-state index in [1.807, 2.05) is 30.3 Å². The van der Waals surface area contributed by atoms with Crippen molar-refractivity contribution in [3.8, 4) is 11.5 Å². The molecule has 1 fully saturated rings. The first kappa shape index (κ1) is 10.6. The average Bonchev–Trinajstić information content (AvgIpc) is 2.98. The SMILES string of the molecule is O=C1CCC(=O)N1c1nnc(-c2ccccc2)o1. The summed E-state index contributed by atoms with van der Waals surface area (Å²) in [4.78, 5) is 24.0. The molecule has 0 aliphatic carbocycles. The molecule has 0 saturated carbocycles. The van der Waals surface area contributed by atoms with E-state index in [4.69, 9.17) is 4.42 Å². The van der Waals surface area contributed by atoms with E-state index in [9.17, 15) is 9.59 Å². The van der Waals surface area contributed by atoms with Gasteiger partial charge in [0.05, 0.1) is 0 Å². The number of amides is 2. The molecule has 1 aliphatic heterocycles. The normalized spacial score (nSPS) is 15.4. The zero-order chi connectivity index (χ0) is 12.5. The van der Waals surface area contributed by atoms with E-state index in [0.29, 0.717) is 0 Å². The van der Waals surface area contributed by atoms with Crippen LogP contribution in [0.15, 0.2) is 34.7 Å². The van der Waals surface area contributed by atoms with Crippen molar-refractivity contribution < 1.29 is 14.0 Å². The van der Waals surface area contributed by atoms with E-state index in [0.717, 1.165) is 10.5 Å². The van der Waals surface area contributed by atoms with E-state index in [1.54, 1.807) is 0 Å². The standard InChI is InChI=1S/C12H9N3O3/c16-9-6-7-10(17)15(9)12-14-13-11(18-12)8-4-2-1-3-5-8/h1-5H,6-7H2. The van der Waals surface area contributed by atoms with Crippen molar-refractivity contribution >= 4 is 17.8 Å². The Hall–Kier alpha value is -2.50. The Morgan fingerprint density at radius 2 is 1.67 bits per heavy atom. The Labute approximate surface area is 102 Å². The molecular weight excluding hydrogens is 234 g/mol. The number of hydrogen-bond acceptors (Lipinski definition) is 5. The fourth-order valence-corrected chi connectivity index (χ4v) is 1.79. The van der Waals surface area contributed by atoms with Crippen molar-refractivity contribution in [1.29, 1.82) is 0 Å². The van der Waals surface area contributed by atoms with Gasteiger partial charge in [0, 0.05) is 18.4 Å². The highest BCUT2D eigenvalue weighted by atomic mass is 16.4. The molecule has 1 aromatic heterocycles. The van der Waals surface area contributed by atoms with Crippen LogP contribution in [0, 0.1) is 0 Å². The first-order chi connectivity index (χ1) is 8.75. The molecule has 6 nitrogen and oxygen atoms in total. The van der Waals surface area contributed by atoms with Crippen LogP contribution in [0.1, 0.15) is 12.8 Å². The third-order valence-corrected chi connectivity index (χ3v) is 2.68. The summed E-state index contributed by atoms with van der Waals surface area (Å²) in [6, 6.07) is 9.11. The topological polar surface area (TPSA) is 76.3 Å². The van der Waals surface area contributed by atoms with Gasteiger partial charge in [0.1, 0.15) is 0 Å². The summed E-state index contributed by atoms with van der Waals surface area (Å²) < 4.78 is 5.36. The quantitative estimate of drug-likeness (QED) is 0.745. The Kier molecular flexibility index (Phi) is 2.40. The van der Waals surface area contributed by atoms with Gasteiger partial charge in [0.15, 0.2) is 0 Å². The third kappa shape index (κ3) is 1.67. The average molecular weight is 243 g/mol. The first-order valence-electron chi connectivity index (χ1n) is 5.50. The molecule has 6 heteroatoms. The number of benzene rings is 1. The van der Waals surface area contributed by atoms with E-state index in [1.165, 1.54) is 0 Å². The molecule has 0 atom stereocenters. The molecule has 2 aromatic rings. The predicted octanol–water partition coefficient (Wildman–Crippen LogP) is 1.39. The number of rotatable bonds is 2. The lowest BCUT2D eigenvalue weighted by Crippen LogP contribution is -2.28. The minimum Gasteiger partial charge on any atom is -0.403 e. The summed E-state index contributed by atoms with van der Waals surface area (Å²) in [5.41, 5.74) is 0.746. The molecule has 2 heterocycles. The van der Waals surface area contributed by atoms with E-state index < -0.39 is 0 Å². The minimum absolute atomic E-state index is 0.0543. The maximum atomic E-state index is 11.5. The number of nitrogens with zero attached hydrogens (tertiary/aromatic N) is 3. The lowest BCUT2D eigenvalue weighted by molar-refractivity contribution is -0.121. The highest BCUT2D eigenvalue weighted by molar-refractivity contribution is 6.18.